The van der Waals surface area contributed by atoms with Crippen molar-refractivity contribution in [2.24, 2.45) is 7.05 Å². The van der Waals surface area contributed by atoms with E-state index in [1.807, 2.05) is 0 Å². The van der Waals surface area contributed by atoms with Gasteiger partial charge in [-0.25, -0.2) is 12.8 Å². The number of anilines is 1. The van der Waals surface area contributed by atoms with Crippen molar-refractivity contribution in [3.8, 4) is 11.4 Å². The number of benzene rings is 2. The largest absolute Gasteiger partial charge is 0.419 e. The van der Waals surface area contributed by atoms with Crippen LogP contribution in [0.25, 0.3) is 11.4 Å². The molecule has 0 fully saturated rings. The lowest BCUT2D eigenvalue weighted by Gasteiger charge is -2.14. The quantitative estimate of drug-likeness (QED) is 0.681. The zero-order chi connectivity index (χ0) is 19.8. The molecule has 1 heterocycles. The smallest absolute Gasteiger partial charge is 0.317 e. The Morgan fingerprint density at radius 3 is 2.44 bits per heavy atom. The topological polar surface area (TPSA) is 76.9 Å². The van der Waals surface area contributed by atoms with E-state index in [9.17, 15) is 26.0 Å². The van der Waals surface area contributed by atoms with Gasteiger partial charge in [0.15, 0.2) is 5.82 Å². The highest BCUT2D eigenvalue weighted by molar-refractivity contribution is 7.92. The van der Waals surface area contributed by atoms with E-state index in [1.165, 1.54) is 12.4 Å². The molecule has 0 bridgehead atoms. The predicted molar refractivity (Wildman–Crippen MR) is 88.6 cm³/mol. The molecule has 0 spiro atoms. The number of hydrogen-bond donors (Lipinski definition) is 1. The summed E-state index contributed by atoms with van der Waals surface area (Å²) in [5, 5.41) is 7.60. The number of aromatic nitrogens is 3. The number of rotatable bonds is 4. The van der Waals surface area contributed by atoms with Crippen LogP contribution in [0.1, 0.15) is 5.56 Å². The van der Waals surface area contributed by atoms with Crippen LogP contribution in [0.2, 0.25) is 0 Å². The third kappa shape index (κ3) is 3.77. The van der Waals surface area contributed by atoms with Crippen molar-refractivity contribution < 1.29 is 26.0 Å². The molecule has 0 unspecified atom stereocenters. The van der Waals surface area contributed by atoms with Crippen molar-refractivity contribution in [2.75, 3.05) is 4.72 Å². The van der Waals surface area contributed by atoms with Crippen LogP contribution in [0.15, 0.2) is 53.7 Å². The predicted octanol–water partition coefficient (Wildman–Crippen LogP) is 3.44. The molecule has 0 aliphatic heterocycles. The second-order valence-corrected chi connectivity index (χ2v) is 7.24. The lowest BCUT2D eigenvalue weighted by molar-refractivity contribution is -0.140. The zero-order valence-corrected chi connectivity index (χ0v) is 14.5. The van der Waals surface area contributed by atoms with Crippen molar-refractivity contribution in [2.45, 2.75) is 11.1 Å². The molecular weight excluding hydrogens is 388 g/mol. The van der Waals surface area contributed by atoms with Crippen molar-refractivity contribution >= 4 is 15.7 Å². The minimum atomic E-state index is -5.02. The van der Waals surface area contributed by atoms with Crippen LogP contribution in [0.4, 0.5) is 23.2 Å². The molecule has 0 saturated carbocycles. The van der Waals surface area contributed by atoms with Crippen LogP contribution in [-0.2, 0) is 23.2 Å². The molecule has 11 heteroatoms. The molecule has 0 amide bonds. The highest BCUT2D eigenvalue weighted by Gasteiger charge is 2.35. The third-order valence-electron chi connectivity index (χ3n) is 3.68. The van der Waals surface area contributed by atoms with E-state index in [-0.39, 0.29) is 11.8 Å². The van der Waals surface area contributed by atoms with Crippen LogP contribution in [0.5, 0.6) is 0 Å². The average molecular weight is 400 g/mol. The van der Waals surface area contributed by atoms with Gasteiger partial charge < -0.3 is 4.57 Å². The maximum Gasteiger partial charge on any atom is 0.419 e. The summed E-state index contributed by atoms with van der Waals surface area (Å²) in [7, 11) is -2.76. The second-order valence-electron chi connectivity index (χ2n) is 5.56. The fourth-order valence-corrected chi connectivity index (χ4v) is 3.49. The molecule has 1 N–H and O–H groups in total. The van der Waals surface area contributed by atoms with Gasteiger partial charge in [-0.3, -0.25) is 4.72 Å². The normalized spacial score (nSPS) is 12.2. The maximum absolute atomic E-state index is 13.4. The Balaban J connectivity index is 2.04. The molecule has 0 saturated heterocycles. The van der Waals surface area contributed by atoms with Crippen LogP contribution in [-0.4, -0.2) is 23.2 Å². The van der Waals surface area contributed by atoms with Crippen LogP contribution in [0.3, 0.4) is 0 Å². The van der Waals surface area contributed by atoms with Crippen molar-refractivity contribution in [1.29, 1.82) is 0 Å². The standard InChI is InChI=1S/C16H12F4N4O2S/c1-24-9-21-22-15(24)11-4-2-3-5-14(11)23-27(25,26)10-6-7-13(17)12(8-10)16(18,19)20/h2-9,23H,1H3. The third-order valence-corrected chi connectivity index (χ3v) is 5.04. The fourth-order valence-electron chi connectivity index (χ4n) is 2.39. The number of hydrogen-bond acceptors (Lipinski definition) is 4. The van der Waals surface area contributed by atoms with Gasteiger partial charge in [-0.1, -0.05) is 12.1 Å². The van der Waals surface area contributed by atoms with Crippen LogP contribution >= 0.6 is 0 Å². The van der Waals surface area contributed by atoms with Crippen LogP contribution in [0, 0.1) is 5.82 Å². The fraction of sp³-hybridized carbons (Fsp3) is 0.125. The Morgan fingerprint density at radius 2 is 1.81 bits per heavy atom. The van der Waals surface area contributed by atoms with Gasteiger partial charge in [0.05, 0.1) is 16.1 Å². The number of nitrogens with zero attached hydrogens (tertiary/aromatic N) is 3. The van der Waals surface area contributed by atoms with E-state index < -0.39 is 32.5 Å². The summed E-state index contributed by atoms with van der Waals surface area (Å²) in [6, 6.07) is 7.67. The average Bonchev–Trinajstić information content (AvgIpc) is 3.00. The first-order valence-electron chi connectivity index (χ1n) is 7.42. The van der Waals surface area contributed by atoms with Crippen molar-refractivity contribution in [3.05, 3.63) is 60.2 Å². The molecule has 0 radical (unpaired) electrons. The Kier molecular flexibility index (Phi) is 4.64. The highest BCUT2D eigenvalue weighted by Crippen LogP contribution is 2.34. The zero-order valence-electron chi connectivity index (χ0n) is 13.7. The molecule has 0 atom stereocenters. The Hall–Kier alpha value is -2.95. The number of para-hydroxylation sites is 1. The lowest BCUT2D eigenvalue weighted by Crippen LogP contribution is -2.16. The van der Waals surface area contributed by atoms with Gasteiger partial charge in [0, 0.05) is 12.6 Å². The number of alkyl halides is 3. The highest BCUT2D eigenvalue weighted by atomic mass is 32.2. The maximum atomic E-state index is 13.4. The van der Waals surface area contributed by atoms with E-state index in [2.05, 4.69) is 14.9 Å². The number of sulfonamides is 1. The summed E-state index contributed by atoms with van der Waals surface area (Å²) in [6.45, 7) is 0. The molecule has 0 aliphatic rings. The molecule has 6 nitrogen and oxygen atoms in total. The molecule has 142 valence electrons. The van der Waals surface area contributed by atoms with E-state index in [0.29, 0.717) is 17.5 Å². The monoisotopic (exact) mass is 400 g/mol. The SMILES string of the molecule is Cn1cnnc1-c1ccccc1NS(=O)(=O)c1ccc(F)c(C(F)(F)F)c1. The van der Waals surface area contributed by atoms with E-state index in [4.69, 9.17) is 0 Å². The molecule has 3 rings (SSSR count). The molecule has 2 aromatic carbocycles. The van der Waals surface area contributed by atoms with E-state index >= 15 is 0 Å². The minimum absolute atomic E-state index is 0.0893. The first-order chi connectivity index (χ1) is 12.6. The molecular formula is C16H12F4N4O2S. The first kappa shape index (κ1) is 18.8. The van der Waals surface area contributed by atoms with Gasteiger partial charge in [-0.15, -0.1) is 10.2 Å². The number of nitrogens with one attached hydrogen (secondary N) is 1. The van der Waals surface area contributed by atoms with Gasteiger partial charge in [-0.05, 0) is 30.3 Å². The van der Waals surface area contributed by atoms with Gasteiger partial charge >= 0.3 is 6.18 Å². The number of halogens is 4. The summed E-state index contributed by atoms with van der Waals surface area (Å²) in [5.74, 6) is -1.20. The van der Waals surface area contributed by atoms with Gasteiger partial charge in [0.1, 0.15) is 12.1 Å². The van der Waals surface area contributed by atoms with Gasteiger partial charge in [0.2, 0.25) is 0 Å². The summed E-state index contributed by atoms with van der Waals surface area (Å²) >= 11 is 0. The number of aryl methyl sites for hydroxylation is 1. The Labute approximate surface area is 151 Å². The van der Waals surface area contributed by atoms with Gasteiger partial charge in [-0.2, -0.15) is 13.2 Å². The van der Waals surface area contributed by atoms with Crippen molar-refractivity contribution in [1.82, 2.24) is 14.8 Å². The molecule has 27 heavy (non-hydrogen) atoms. The van der Waals surface area contributed by atoms with E-state index in [0.717, 1.165) is 6.07 Å². The summed E-state index contributed by atoms with van der Waals surface area (Å²) in [4.78, 5) is -0.719. The molecule has 0 aliphatic carbocycles. The molecule has 1 aromatic heterocycles. The summed E-state index contributed by atoms with van der Waals surface area (Å²) in [6.07, 6.45) is -3.61. The lowest BCUT2D eigenvalue weighted by atomic mass is 10.2. The molecule has 3 aromatic rings. The second kappa shape index (κ2) is 6.65. The summed E-state index contributed by atoms with van der Waals surface area (Å²) in [5.41, 5.74) is -1.20. The minimum Gasteiger partial charge on any atom is -0.317 e. The summed E-state index contributed by atoms with van der Waals surface area (Å²) < 4.78 is 80.9. The Bertz CT molecular complexity index is 1090. The first-order valence-corrected chi connectivity index (χ1v) is 8.91. The van der Waals surface area contributed by atoms with Crippen molar-refractivity contribution in [3.63, 3.8) is 0 Å². The van der Waals surface area contributed by atoms with Gasteiger partial charge in [0.25, 0.3) is 10.0 Å². The Morgan fingerprint density at radius 1 is 1.11 bits per heavy atom. The van der Waals surface area contributed by atoms with Crippen LogP contribution < -0.4 is 4.72 Å². The van der Waals surface area contributed by atoms with E-state index in [1.54, 1.807) is 29.8 Å².